The Bertz CT molecular complexity index is 667. The number of anilines is 1. The first kappa shape index (κ1) is 15.4. The maximum absolute atomic E-state index is 12.0. The van der Waals surface area contributed by atoms with E-state index in [0.29, 0.717) is 24.2 Å². The Hall–Kier alpha value is -2.47. The highest BCUT2D eigenvalue weighted by atomic mass is 16.5. The van der Waals surface area contributed by atoms with Gasteiger partial charge < -0.3 is 15.4 Å². The number of aryl methyl sites for hydroxylation is 1. The third kappa shape index (κ3) is 4.50. The van der Waals surface area contributed by atoms with E-state index in [-0.39, 0.29) is 5.91 Å². The van der Waals surface area contributed by atoms with Crippen molar-refractivity contribution in [1.82, 2.24) is 15.3 Å². The van der Waals surface area contributed by atoms with Gasteiger partial charge in [-0.3, -0.25) is 4.79 Å². The van der Waals surface area contributed by atoms with E-state index in [4.69, 9.17) is 4.74 Å². The summed E-state index contributed by atoms with van der Waals surface area (Å²) in [6.45, 7) is 2.89. The normalized spacial score (nSPS) is 17.0. The van der Waals surface area contributed by atoms with Crippen LogP contribution in [0, 0.1) is 6.92 Å². The molecule has 2 aromatic rings. The number of hydrogen-bond donors (Lipinski definition) is 2. The molecule has 1 saturated heterocycles. The van der Waals surface area contributed by atoms with Crippen molar-refractivity contribution in [2.45, 2.75) is 32.2 Å². The van der Waals surface area contributed by atoms with Gasteiger partial charge in [0.15, 0.2) is 0 Å². The van der Waals surface area contributed by atoms with Crippen molar-refractivity contribution in [1.29, 1.82) is 0 Å². The largest absolute Gasteiger partial charge is 0.424 e. The number of nitrogens with one attached hydrogen (secondary N) is 2. The molecule has 1 aliphatic rings. The molecule has 120 valence electrons. The molecule has 0 spiro atoms. The van der Waals surface area contributed by atoms with Gasteiger partial charge in [0.05, 0.1) is 0 Å². The Labute approximate surface area is 135 Å². The van der Waals surface area contributed by atoms with Gasteiger partial charge in [-0.25, -0.2) is 9.97 Å². The van der Waals surface area contributed by atoms with Crippen molar-refractivity contribution in [3.8, 4) is 11.8 Å². The highest BCUT2D eigenvalue weighted by molar-refractivity contribution is 5.91. The lowest BCUT2D eigenvalue weighted by atomic mass is 10.1. The lowest BCUT2D eigenvalue weighted by Crippen LogP contribution is -2.27. The summed E-state index contributed by atoms with van der Waals surface area (Å²) < 4.78 is 5.58. The van der Waals surface area contributed by atoms with Crippen LogP contribution in [0.3, 0.4) is 0 Å². The van der Waals surface area contributed by atoms with Crippen LogP contribution in [-0.4, -0.2) is 28.5 Å². The van der Waals surface area contributed by atoms with Crippen molar-refractivity contribution in [3.63, 3.8) is 0 Å². The van der Waals surface area contributed by atoms with E-state index in [9.17, 15) is 4.79 Å². The molecular weight excluding hydrogens is 292 g/mol. The number of ether oxygens (including phenoxy) is 1. The summed E-state index contributed by atoms with van der Waals surface area (Å²) in [6, 6.07) is 9.62. The van der Waals surface area contributed by atoms with Crippen LogP contribution >= 0.6 is 0 Å². The third-order valence-corrected chi connectivity index (χ3v) is 3.71. The molecule has 1 amide bonds. The number of amides is 1. The predicted molar refractivity (Wildman–Crippen MR) is 87.6 cm³/mol. The average molecular weight is 312 g/mol. The minimum absolute atomic E-state index is 0.0279. The molecule has 0 saturated carbocycles. The van der Waals surface area contributed by atoms with Gasteiger partial charge in [-0.2, -0.15) is 0 Å². The fraction of sp³-hybridized carbons (Fsp3) is 0.353. The Morgan fingerprint density at radius 1 is 1.35 bits per heavy atom. The van der Waals surface area contributed by atoms with Crippen LogP contribution < -0.4 is 15.4 Å². The molecule has 1 atom stereocenters. The summed E-state index contributed by atoms with van der Waals surface area (Å²) in [5, 5.41) is 6.22. The first-order valence-corrected chi connectivity index (χ1v) is 7.80. The van der Waals surface area contributed by atoms with Gasteiger partial charge in [-0.05, 0) is 56.6 Å². The first-order valence-electron chi connectivity index (χ1n) is 7.80. The predicted octanol–water partition coefficient (Wildman–Crippen LogP) is 2.66. The lowest BCUT2D eigenvalue weighted by Gasteiger charge is -2.11. The molecule has 1 fully saturated rings. The second-order valence-corrected chi connectivity index (χ2v) is 5.65. The summed E-state index contributed by atoms with van der Waals surface area (Å²) in [7, 11) is 0. The molecule has 6 nitrogen and oxygen atoms in total. The van der Waals surface area contributed by atoms with E-state index in [1.54, 1.807) is 18.3 Å². The van der Waals surface area contributed by atoms with Gasteiger partial charge in [0.25, 0.3) is 0 Å². The molecule has 1 unspecified atom stereocenters. The van der Waals surface area contributed by atoms with Crippen molar-refractivity contribution >= 4 is 11.6 Å². The van der Waals surface area contributed by atoms with Crippen LogP contribution in [0.4, 0.5) is 5.69 Å². The molecule has 3 rings (SSSR count). The summed E-state index contributed by atoms with van der Waals surface area (Å²) in [5.74, 6) is 0.658. The Morgan fingerprint density at radius 3 is 2.87 bits per heavy atom. The van der Waals surface area contributed by atoms with Crippen LogP contribution in [0.25, 0.3) is 0 Å². The minimum Gasteiger partial charge on any atom is -0.424 e. The topological polar surface area (TPSA) is 76.1 Å². The SMILES string of the molecule is Cc1ccnc(Oc2ccc(NC(=O)CC3CCCN3)cc2)n1. The number of aromatic nitrogens is 2. The average Bonchev–Trinajstić information content (AvgIpc) is 3.02. The summed E-state index contributed by atoms with van der Waals surface area (Å²) in [5.41, 5.74) is 1.60. The second-order valence-electron chi connectivity index (χ2n) is 5.65. The maximum Gasteiger partial charge on any atom is 0.322 e. The summed E-state index contributed by atoms with van der Waals surface area (Å²) in [4.78, 5) is 20.2. The number of benzene rings is 1. The van der Waals surface area contributed by atoms with Crippen molar-refractivity contribution in [3.05, 3.63) is 42.2 Å². The molecular formula is C17H20N4O2. The van der Waals surface area contributed by atoms with Crippen molar-refractivity contribution in [2.24, 2.45) is 0 Å². The highest BCUT2D eigenvalue weighted by Gasteiger charge is 2.17. The Kier molecular flexibility index (Phi) is 4.83. The molecule has 2 heterocycles. The molecule has 1 aliphatic heterocycles. The Balaban J connectivity index is 1.55. The van der Waals surface area contributed by atoms with Crippen molar-refractivity contribution < 1.29 is 9.53 Å². The fourth-order valence-electron chi connectivity index (χ4n) is 2.55. The third-order valence-electron chi connectivity index (χ3n) is 3.71. The molecule has 6 heteroatoms. The van der Waals surface area contributed by atoms with E-state index < -0.39 is 0 Å². The van der Waals surface area contributed by atoms with Crippen LogP contribution in [0.2, 0.25) is 0 Å². The number of nitrogens with zero attached hydrogens (tertiary/aromatic N) is 2. The zero-order valence-corrected chi connectivity index (χ0v) is 13.1. The smallest absolute Gasteiger partial charge is 0.322 e. The molecule has 0 bridgehead atoms. The number of hydrogen-bond acceptors (Lipinski definition) is 5. The number of rotatable bonds is 5. The fourth-order valence-corrected chi connectivity index (χ4v) is 2.55. The molecule has 0 radical (unpaired) electrons. The second kappa shape index (κ2) is 7.19. The molecule has 1 aromatic carbocycles. The van der Waals surface area contributed by atoms with Crippen LogP contribution in [0.15, 0.2) is 36.5 Å². The monoisotopic (exact) mass is 312 g/mol. The molecule has 2 N–H and O–H groups in total. The van der Waals surface area contributed by atoms with Gasteiger partial charge in [0.1, 0.15) is 5.75 Å². The van der Waals surface area contributed by atoms with Gasteiger partial charge in [0, 0.05) is 30.0 Å². The van der Waals surface area contributed by atoms with E-state index in [1.807, 2.05) is 25.1 Å². The van der Waals surface area contributed by atoms with Gasteiger partial charge in [-0.15, -0.1) is 0 Å². The first-order chi connectivity index (χ1) is 11.2. The van der Waals surface area contributed by atoms with E-state index in [1.165, 1.54) is 0 Å². The molecule has 23 heavy (non-hydrogen) atoms. The van der Waals surface area contributed by atoms with Crippen molar-refractivity contribution in [2.75, 3.05) is 11.9 Å². The zero-order chi connectivity index (χ0) is 16.1. The van der Waals surface area contributed by atoms with Crippen LogP contribution in [0.5, 0.6) is 11.8 Å². The highest BCUT2D eigenvalue weighted by Crippen LogP contribution is 2.20. The van der Waals surface area contributed by atoms with E-state index in [0.717, 1.165) is 30.8 Å². The minimum atomic E-state index is 0.0279. The van der Waals surface area contributed by atoms with E-state index >= 15 is 0 Å². The summed E-state index contributed by atoms with van der Waals surface area (Å²) in [6.07, 6.45) is 4.38. The van der Waals surface area contributed by atoms with Crippen LogP contribution in [0.1, 0.15) is 25.0 Å². The molecule has 0 aliphatic carbocycles. The van der Waals surface area contributed by atoms with Gasteiger partial charge in [-0.1, -0.05) is 0 Å². The number of carbonyl (C=O) groups is 1. The zero-order valence-electron chi connectivity index (χ0n) is 13.1. The van der Waals surface area contributed by atoms with E-state index in [2.05, 4.69) is 20.6 Å². The van der Waals surface area contributed by atoms with Crippen LogP contribution in [-0.2, 0) is 4.79 Å². The number of carbonyl (C=O) groups excluding carboxylic acids is 1. The van der Waals surface area contributed by atoms with Gasteiger partial charge in [0.2, 0.25) is 5.91 Å². The lowest BCUT2D eigenvalue weighted by molar-refractivity contribution is -0.116. The maximum atomic E-state index is 12.0. The molecule has 1 aromatic heterocycles. The standard InChI is InChI=1S/C17H20N4O2/c1-12-8-10-19-17(20-12)23-15-6-4-13(5-7-15)21-16(22)11-14-3-2-9-18-14/h4-8,10,14,18H,2-3,9,11H2,1H3,(H,21,22). The quantitative estimate of drug-likeness (QED) is 0.887. The Morgan fingerprint density at radius 2 is 2.17 bits per heavy atom. The summed E-state index contributed by atoms with van der Waals surface area (Å²) >= 11 is 0. The van der Waals surface area contributed by atoms with Gasteiger partial charge >= 0.3 is 6.01 Å².